The SMILES string of the molecule is CC1CCC(NS(=O)(=O)Cc2nc(C3(N)CCC3)no2)CC1. The fourth-order valence-corrected chi connectivity index (χ4v) is 4.40. The fourth-order valence-electron chi connectivity index (χ4n) is 3.13. The Labute approximate surface area is 131 Å². The first-order valence-electron chi connectivity index (χ1n) is 7.98. The van der Waals surface area contributed by atoms with E-state index in [2.05, 4.69) is 21.8 Å². The number of hydrogen-bond donors (Lipinski definition) is 2. The van der Waals surface area contributed by atoms with Crippen molar-refractivity contribution in [1.82, 2.24) is 14.9 Å². The second-order valence-corrected chi connectivity index (χ2v) is 8.61. The van der Waals surface area contributed by atoms with Gasteiger partial charge in [-0.1, -0.05) is 12.1 Å². The minimum Gasteiger partial charge on any atom is -0.338 e. The Balaban J connectivity index is 1.59. The van der Waals surface area contributed by atoms with Gasteiger partial charge >= 0.3 is 0 Å². The van der Waals surface area contributed by atoms with Crippen molar-refractivity contribution in [2.24, 2.45) is 11.7 Å². The van der Waals surface area contributed by atoms with Crippen molar-refractivity contribution in [3.8, 4) is 0 Å². The first kappa shape index (κ1) is 15.9. The van der Waals surface area contributed by atoms with Crippen LogP contribution in [0.25, 0.3) is 0 Å². The van der Waals surface area contributed by atoms with Gasteiger partial charge in [0.25, 0.3) is 0 Å². The van der Waals surface area contributed by atoms with E-state index < -0.39 is 15.6 Å². The predicted octanol–water partition coefficient (Wildman–Crippen LogP) is 1.41. The minimum absolute atomic E-state index is 0.0241. The summed E-state index contributed by atoms with van der Waals surface area (Å²) >= 11 is 0. The Morgan fingerprint density at radius 3 is 2.59 bits per heavy atom. The maximum Gasteiger partial charge on any atom is 0.243 e. The molecule has 3 rings (SSSR count). The summed E-state index contributed by atoms with van der Waals surface area (Å²) in [5.41, 5.74) is 5.58. The van der Waals surface area contributed by atoms with Crippen molar-refractivity contribution in [1.29, 1.82) is 0 Å². The lowest BCUT2D eigenvalue weighted by Crippen LogP contribution is -2.44. The average Bonchev–Trinajstić information content (AvgIpc) is 2.86. The monoisotopic (exact) mass is 328 g/mol. The molecule has 1 heterocycles. The van der Waals surface area contributed by atoms with Crippen LogP contribution in [0.1, 0.15) is 63.6 Å². The number of aromatic nitrogens is 2. The highest BCUT2D eigenvalue weighted by Gasteiger charge is 2.39. The average molecular weight is 328 g/mol. The second-order valence-electron chi connectivity index (χ2n) is 6.86. The number of rotatable bonds is 5. The zero-order valence-electron chi connectivity index (χ0n) is 12.9. The van der Waals surface area contributed by atoms with E-state index >= 15 is 0 Å². The van der Waals surface area contributed by atoms with E-state index in [1.165, 1.54) is 0 Å². The smallest absolute Gasteiger partial charge is 0.243 e. The summed E-state index contributed by atoms with van der Waals surface area (Å²) in [6, 6.07) is 0.0241. The number of nitrogens with one attached hydrogen (secondary N) is 1. The van der Waals surface area contributed by atoms with Crippen molar-refractivity contribution in [2.75, 3.05) is 0 Å². The molecule has 1 aromatic heterocycles. The van der Waals surface area contributed by atoms with Crippen LogP contribution in [0, 0.1) is 5.92 Å². The molecule has 0 aliphatic heterocycles. The summed E-state index contributed by atoms with van der Waals surface area (Å²) in [4.78, 5) is 4.17. The van der Waals surface area contributed by atoms with Gasteiger partial charge in [-0.15, -0.1) is 0 Å². The normalized spacial score (nSPS) is 28.3. The molecule has 0 unspecified atom stereocenters. The Hall–Kier alpha value is -0.990. The highest BCUT2D eigenvalue weighted by molar-refractivity contribution is 7.88. The van der Waals surface area contributed by atoms with Gasteiger partial charge in [-0.25, -0.2) is 13.1 Å². The zero-order valence-corrected chi connectivity index (χ0v) is 13.7. The van der Waals surface area contributed by atoms with Crippen LogP contribution in [0.15, 0.2) is 4.52 Å². The molecule has 2 fully saturated rings. The van der Waals surface area contributed by atoms with Gasteiger partial charge in [0.1, 0.15) is 5.75 Å². The molecule has 2 saturated carbocycles. The van der Waals surface area contributed by atoms with Crippen LogP contribution in [0.4, 0.5) is 0 Å². The molecule has 7 nitrogen and oxygen atoms in total. The van der Waals surface area contributed by atoms with Gasteiger partial charge in [0.2, 0.25) is 15.9 Å². The van der Waals surface area contributed by atoms with Crippen molar-refractivity contribution >= 4 is 10.0 Å². The molecule has 0 spiro atoms. The Morgan fingerprint density at radius 2 is 2.00 bits per heavy atom. The van der Waals surface area contributed by atoms with E-state index in [9.17, 15) is 8.42 Å². The Morgan fingerprint density at radius 1 is 1.32 bits per heavy atom. The van der Waals surface area contributed by atoms with Crippen LogP contribution in [0.3, 0.4) is 0 Å². The molecule has 124 valence electrons. The van der Waals surface area contributed by atoms with Gasteiger partial charge in [-0.3, -0.25) is 0 Å². The maximum atomic E-state index is 12.2. The Kier molecular flexibility index (Phi) is 4.26. The molecule has 22 heavy (non-hydrogen) atoms. The summed E-state index contributed by atoms with van der Waals surface area (Å²) < 4.78 is 32.3. The zero-order chi connectivity index (χ0) is 15.8. The Bertz CT molecular complexity index is 616. The lowest BCUT2D eigenvalue weighted by molar-refractivity contribution is 0.229. The molecule has 0 saturated heterocycles. The molecule has 0 radical (unpaired) electrons. The molecule has 0 atom stereocenters. The summed E-state index contributed by atoms with van der Waals surface area (Å²) in [6.45, 7) is 2.20. The van der Waals surface area contributed by atoms with Gasteiger partial charge in [-0.2, -0.15) is 4.98 Å². The van der Waals surface area contributed by atoms with Gasteiger partial charge in [-0.05, 0) is 50.9 Å². The minimum atomic E-state index is -3.46. The molecular weight excluding hydrogens is 304 g/mol. The quantitative estimate of drug-likeness (QED) is 0.845. The second kappa shape index (κ2) is 5.90. The first-order valence-corrected chi connectivity index (χ1v) is 9.63. The summed E-state index contributed by atoms with van der Waals surface area (Å²) in [5.74, 6) is 0.948. The molecule has 3 N–H and O–H groups in total. The first-order chi connectivity index (χ1) is 10.4. The van der Waals surface area contributed by atoms with Crippen molar-refractivity contribution in [3.63, 3.8) is 0 Å². The molecule has 1 aromatic rings. The standard InChI is InChI=1S/C14H24N4O3S/c1-10-3-5-11(6-4-10)18-22(19,20)9-12-16-13(17-21-12)14(15)7-2-8-14/h10-11,18H,2-9,15H2,1H3. The number of nitrogens with two attached hydrogens (primary N) is 1. The number of sulfonamides is 1. The topological polar surface area (TPSA) is 111 Å². The lowest BCUT2D eigenvalue weighted by Gasteiger charge is -2.34. The van der Waals surface area contributed by atoms with Crippen molar-refractivity contribution in [2.45, 2.75) is 69.2 Å². The van der Waals surface area contributed by atoms with E-state index in [-0.39, 0.29) is 17.7 Å². The van der Waals surface area contributed by atoms with Crippen molar-refractivity contribution in [3.05, 3.63) is 11.7 Å². The third-order valence-electron chi connectivity index (χ3n) is 4.83. The van der Waals surface area contributed by atoms with Gasteiger partial charge in [0.05, 0.1) is 5.54 Å². The van der Waals surface area contributed by atoms with Crippen LogP contribution >= 0.6 is 0 Å². The third-order valence-corrected chi connectivity index (χ3v) is 6.15. The predicted molar refractivity (Wildman–Crippen MR) is 81.2 cm³/mol. The van der Waals surface area contributed by atoms with E-state index in [0.29, 0.717) is 11.7 Å². The van der Waals surface area contributed by atoms with Gasteiger partial charge < -0.3 is 10.3 Å². The molecule has 0 amide bonds. The van der Waals surface area contributed by atoms with Crippen molar-refractivity contribution < 1.29 is 12.9 Å². The van der Waals surface area contributed by atoms with Crippen LogP contribution < -0.4 is 10.5 Å². The largest absolute Gasteiger partial charge is 0.338 e. The van der Waals surface area contributed by atoms with Crippen LogP contribution in [0.5, 0.6) is 0 Å². The molecule has 2 aliphatic carbocycles. The lowest BCUT2D eigenvalue weighted by atomic mass is 9.77. The molecule has 0 bridgehead atoms. The summed E-state index contributed by atoms with van der Waals surface area (Å²) in [5, 5.41) is 3.85. The highest BCUT2D eigenvalue weighted by atomic mass is 32.2. The van der Waals surface area contributed by atoms with E-state index in [4.69, 9.17) is 10.3 Å². The molecule has 8 heteroatoms. The van der Waals surface area contributed by atoms with Gasteiger partial charge in [0, 0.05) is 6.04 Å². The summed E-state index contributed by atoms with van der Waals surface area (Å²) in [7, 11) is -3.46. The molecular formula is C14H24N4O3S. The third kappa shape index (κ3) is 3.49. The molecule has 2 aliphatic rings. The van der Waals surface area contributed by atoms with E-state index in [0.717, 1.165) is 44.9 Å². The summed E-state index contributed by atoms with van der Waals surface area (Å²) in [6.07, 6.45) is 6.58. The van der Waals surface area contributed by atoms with Crippen LogP contribution in [-0.2, 0) is 21.3 Å². The highest BCUT2D eigenvalue weighted by Crippen LogP contribution is 2.36. The van der Waals surface area contributed by atoms with Crippen LogP contribution in [0.2, 0.25) is 0 Å². The van der Waals surface area contributed by atoms with Gasteiger partial charge in [0.15, 0.2) is 5.82 Å². The molecule has 0 aromatic carbocycles. The fraction of sp³-hybridized carbons (Fsp3) is 0.857. The van der Waals surface area contributed by atoms with Crippen LogP contribution in [-0.4, -0.2) is 24.6 Å². The van der Waals surface area contributed by atoms with E-state index in [1.807, 2.05) is 0 Å². The number of hydrogen-bond acceptors (Lipinski definition) is 6. The van der Waals surface area contributed by atoms with E-state index in [1.54, 1.807) is 0 Å². The number of nitrogens with zero attached hydrogens (tertiary/aromatic N) is 2. The maximum absolute atomic E-state index is 12.2.